The van der Waals surface area contributed by atoms with Crippen LogP contribution in [0, 0.1) is 23.2 Å². The van der Waals surface area contributed by atoms with E-state index in [2.05, 4.69) is 49.8 Å². The predicted octanol–water partition coefficient (Wildman–Crippen LogP) is 5.37. The molecule has 1 fully saturated rings. The van der Waals surface area contributed by atoms with Crippen molar-refractivity contribution < 1.29 is 0 Å². The van der Waals surface area contributed by atoms with Crippen molar-refractivity contribution in [1.82, 2.24) is 5.32 Å². The fraction of sp³-hybridized carbons (Fsp3) is 0.789. The van der Waals surface area contributed by atoms with Crippen LogP contribution in [0.1, 0.15) is 58.9 Å². The smallest absolute Gasteiger partial charge is 0.00177 e. The lowest BCUT2D eigenvalue weighted by Crippen LogP contribution is -2.37. The molecular formula is C19H33NS. The minimum atomic E-state index is 0.549. The minimum absolute atomic E-state index is 0.549. The van der Waals surface area contributed by atoms with Crippen molar-refractivity contribution in [1.29, 1.82) is 0 Å². The molecule has 1 N–H and O–H groups in total. The van der Waals surface area contributed by atoms with E-state index in [0.29, 0.717) is 5.41 Å². The van der Waals surface area contributed by atoms with Crippen LogP contribution in [0.4, 0.5) is 0 Å². The lowest BCUT2D eigenvalue weighted by molar-refractivity contribution is 0.109. The molecule has 1 heterocycles. The maximum Gasteiger partial charge on any atom is -0.00177 e. The van der Waals surface area contributed by atoms with Crippen LogP contribution in [0.5, 0.6) is 0 Å². The van der Waals surface area contributed by atoms with Crippen molar-refractivity contribution in [2.24, 2.45) is 23.2 Å². The Morgan fingerprint density at radius 2 is 2.14 bits per heavy atom. The Kier molecular flexibility index (Phi) is 6.31. The summed E-state index contributed by atoms with van der Waals surface area (Å²) >= 11 is 1.83. The number of thiophene rings is 1. The van der Waals surface area contributed by atoms with Gasteiger partial charge in [0.15, 0.2) is 0 Å². The zero-order chi connectivity index (χ0) is 15.3. The van der Waals surface area contributed by atoms with Crippen molar-refractivity contribution >= 4 is 11.3 Å². The quantitative estimate of drug-likeness (QED) is 0.714. The molecule has 0 spiro atoms. The third kappa shape index (κ3) is 5.75. The summed E-state index contributed by atoms with van der Waals surface area (Å²) in [5.74, 6) is 2.54. The normalized spacial score (nSPS) is 25.4. The molecule has 21 heavy (non-hydrogen) atoms. The molecule has 0 amide bonds. The summed E-state index contributed by atoms with van der Waals surface area (Å²) < 4.78 is 0. The summed E-state index contributed by atoms with van der Waals surface area (Å²) in [6, 6.07) is 2.30. The molecule has 2 rings (SSSR count). The maximum absolute atomic E-state index is 3.71. The highest BCUT2D eigenvalue weighted by atomic mass is 32.1. The fourth-order valence-electron chi connectivity index (χ4n) is 3.74. The number of aryl methyl sites for hydroxylation is 1. The first-order chi connectivity index (χ1) is 9.96. The van der Waals surface area contributed by atoms with E-state index in [9.17, 15) is 0 Å². The minimum Gasteiger partial charge on any atom is -0.316 e. The number of nitrogens with one attached hydrogen (secondary N) is 1. The molecule has 1 aliphatic carbocycles. The third-order valence-corrected chi connectivity index (χ3v) is 5.75. The lowest BCUT2D eigenvalue weighted by Gasteiger charge is -2.41. The van der Waals surface area contributed by atoms with Gasteiger partial charge in [0.25, 0.3) is 0 Å². The molecule has 0 saturated heterocycles. The Balaban J connectivity index is 1.86. The van der Waals surface area contributed by atoms with Crippen LogP contribution in [-0.4, -0.2) is 13.1 Å². The van der Waals surface area contributed by atoms with Gasteiger partial charge in [-0.05, 0) is 90.8 Å². The van der Waals surface area contributed by atoms with Crippen LogP contribution in [0.15, 0.2) is 16.8 Å². The molecule has 0 aliphatic heterocycles. The van der Waals surface area contributed by atoms with Gasteiger partial charge in [0.2, 0.25) is 0 Å². The molecule has 120 valence electrons. The number of hydrogen-bond donors (Lipinski definition) is 1. The Labute approximate surface area is 135 Å². The van der Waals surface area contributed by atoms with Crippen LogP contribution in [0.3, 0.4) is 0 Å². The Hall–Kier alpha value is -0.340. The fourth-order valence-corrected chi connectivity index (χ4v) is 4.44. The average Bonchev–Trinajstić information content (AvgIpc) is 2.91. The van der Waals surface area contributed by atoms with E-state index in [1.54, 1.807) is 0 Å². The van der Waals surface area contributed by atoms with Gasteiger partial charge in [0, 0.05) is 0 Å². The van der Waals surface area contributed by atoms with Crippen molar-refractivity contribution in [2.75, 3.05) is 13.1 Å². The van der Waals surface area contributed by atoms with Crippen LogP contribution >= 0.6 is 11.3 Å². The second kappa shape index (κ2) is 7.78. The zero-order valence-corrected chi connectivity index (χ0v) is 15.1. The van der Waals surface area contributed by atoms with E-state index in [1.807, 2.05) is 11.3 Å². The molecule has 1 aromatic heterocycles. The molecule has 2 heteroatoms. The summed E-state index contributed by atoms with van der Waals surface area (Å²) in [7, 11) is 0. The van der Waals surface area contributed by atoms with Gasteiger partial charge in [-0.15, -0.1) is 0 Å². The van der Waals surface area contributed by atoms with E-state index in [-0.39, 0.29) is 0 Å². The van der Waals surface area contributed by atoms with Gasteiger partial charge in [-0.2, -0.15) is 11.3 Å². The summed E-state index contributed by atoms with van der Waals surface area (Å²) in [4.78, 5) is 0. The predicted molar refractivity (Wildman–Crippen MR) is 95.0 cm³/mol. The van der Waals surface area contributed by atoms with Gasteiger partial charge in [-0.3, -0.25) is 0 Å². The van der Waals surface area contributed by atoms with Crippen molar-refractivity contribution in [3.63, 3.8) is 0 Å². The Morgan fingerprint density at radius 1 is 1.33 bits per heavy atom. The van der Waals surface area contributed by atoms with Crippen LogP contribution < -0.4 is 5.32 Å². The molecule has 2 unspecified atom stereocenters. The molecular weight excluding hydrogens is 274 g/mol. The standard InChI is InChI=1S/C19H33NS/c1-15(2)12-20-13-18-7-9-19(3,4)11-17(18)6-5-16-8-10-21-14-16/h8,10,14-15,17-18,20H,5-7,9,11-13H2,1-4H3. The molecule has 1 nitrogen and oxygen atoms in total. The van der Waals surface area contributed by atoms with Gasteiger partial charge in [-0.1, -0.05) is 27.7 Å². The second-order valence-corrected chi connectivity index (χ2v) is 8.93. The SMILES string of the molecule is CC(C)CNCC1CCC(C)(C)CC1CCc1ccsc1. The van der Waals surface area contributed by atoms with Crippen molar-refractivity contribution in [3.05, 3.63) is 22.4 Å². The van der Waals surface area contributed by atoms with E-state index in [1.165, 1.54) is 44.2 Å². The van der Waals surface area contributed by atoms with E-state index >= 15 is 0 Å². The van der Waals surface area contributed by atoms with Crippen LogP contribution in [0.25, 0.3) is 0 Å². The topological polar surface area (TPSA) is 12.0 Å². The average molecular weight is 308 g/mol. The molecule has 1 saturated carbocycles. The summed E-state index contributed by atoms with van der Waals surface area (Å²) in [6.45, 7) is 11.9. The lowest BCUT2D eigenvalue weighted by atomic mass is 9.65. The highest BCUT2D eigenvalue weighted by Gasteiger charge is 2.34. The van der Waals surface area contributed by atoms with Crippen LogP contribution in [-0.2, 0) is 6.42 Å². The first-order valence-corrected chi connectivity index (χ1v) is 9.62. The highest BCUT2D eigenvalue weighted by Crippen LogP contribution is 2.43. The molecule has 0 aromatic carbocycles. The summed E-state index contributed by atoms with van der Waals surface area (Å²) in [6.07, 6.45) is 6.85. The monoisotopic (exact) mass is 307 g/mol. The Morgan fingerprint density at radius 3 is 2.81 bits per heavy atom. The highest BCUT2D eigenvalue weighted by molar-refractivity contribution is 7.07. The van der Waals surface area contributed by atoms with E-state index in [0.717, 1.165) is 24.3 Å². The number of hydrogen-bond acceptors (Lipinski definition) is 2. The molecule has 2 atom stereocenters. The molecule has 1 aliphatic rings. The molecule has 1 aromatic rings. The van der Waals surface area contributed by atoms with Gasteiger partial charge in [0.05, 0.1) is 0 Å². The van der Waals surface area contributed by atoms with Gasteiger partial charge in [0.1, 0.15) is 0 Å². The van der Waals surface area contributed by atoms with Gasteiger partial charge >= 0.3 is 0 Å². The number of rotatable bonds is 7. The third-order valence-electron chi connectivity index (χ3n) is 5.02. The van der Waals surface area contributed by atoms with E-state index < -0.39 is 0 Å². The Bertz CT molecular complexity index is 394. The summed E-state index contributed by atoms with van der Waals surface area (Å²) in [5, 5.41) is 8.24. The first kappa shape index (κ1) is 17.0. The molecule has 0 radical (unpaired) electrons. The van der Waals surface area contributed by atoms with Crippen molar-refractivity contribution in [2.45, 2.75) is 59.8 Å². The molecule has 0 bridgehead atoms. The van der Waals surface area contributed by atoms with Crippen molar-refractivity contribution in [3.8, 4) is 0 Å². The maximum atomic E-state index is 3.71. The first-order valence-electron chi connectivity index (χ1n) is 8.68. The second-order valence-electron chi connectivity index (χ2n) is 8.15. The van der Waals surface area contributed by atoms with Crippen LogP contribution in [0.2, 0.25) is 0 Å². The largest absolute Gasteiger partial charge is 0.316 e. The van der Waals surface area contributed by atoms with Gasteiger partial charge in [-0.25, -0.2) is 0 Å². The zero-order valence-electron chi connectivity index (χ0n) is 14.3. The van der Waals surface area contributed by atoms with E-state index in [4.69, 9.17) is 0 Å². The van der Waals surface area contributed by atoms with Gasteiger partial charge < -0.3 is 5.32 Å². The summed E-state index contributed by atoms with van der Waals surface area (Å²) in [5.41, 5.74) is 2.09.